The first-order valence-corrected chi connectivity index (χ1v) is 6.48. The largest absolute Gasteiger partial charge is 0.481 e. The zero-order chi connectivity index (χ0) is 13.9. The lowest BCUT2D eigenvalue weighted by molar-refractivity contribution is -0.156. The molecule has 0 saturated heterocycles. The molecule has 1 aromatic rings. The van der Waals surface area contributed by atoms with Crippen LogP contribution in [0, 0.1) is 11.3 Å². The van der Waals surface area contributed by atoms with Gasteiger partial charge < -0.3 is 5.11 Å². The molecule has 0 bridgehead atoms. The molecule has 2 rings (SSSR count). The third-order valence-corrected chi connectivity index (χ3v) is 3.75. The van der Waals surface area contributed by atoms with Crippen LogP contribution < -0.4 is 0 Å². The Bertz CT molecular complexity index is 496. The van der Waals surface area contributed by atoms with E-state index < -0.39 is 11.4 Å². The lowest BCUT2D eigenvalue weighted by Gasteiger charge is -2.43. The predicted molar refractivity (Wildman–Crippen MR) is 72.8 cm³/mol. The van der Waals surface area contributed by atoms with Crippen molar-refractivity contribution >= 4 is 11.8 Å². The third kappa shape index (κ3) is 3.11. The quantitative estimate of drug-likeness (QED) is 0.826. The number of ketones is 1. The van der Waals surface area contributed by atoms with Crippen molar-refractivity contribution in [2.45, 2.75) is 26.2 Å². The summed E-state index contributed by atoms with van der Waals surface area (Å²) in [7, 11) is 0. The van der Waals surface area contributed by atoms with Gasteiger partial charge in [0.2, 0.25) is 0 Å². The second-order valence-electron chi connectivity index (χ2n) is 5.39. The predicted octanol–water partition coefficient (Wildman–Crippen LogP) is 2.86. The van der Waals surface area contributed by atoms with E-state index in [0.717, 1.165) is 5.56 Å². The molecule has 1 aliphatic rings. The summed E-state index contributed by atoms with van der Waals surface area (Å²) >= 11 is 0. The lowest BCUT2D eigenvalue weighted by Crippen LogP contribution is -2.45. The van der Waals surface area contributed by atoms with Gasteiger partial charge in [0.25, 0.3) is 0 Å². The molecule has 0 aromatic heterocycles. The van der Waals surface area contributed by atoms with Crippen molar-refractivity contribution in [1.82, 2.24) is 0 Å². The number of rotatable bonds is 5. The second-order valence-corrected chi connectivity index (χ2v) is 5.39. The van der Waals surface area contributed by atoms with E-state index in [4.69, 9.17) is 0 Å². The Labute approximate surface area is 113 Å². The minimum Gasteiger partial charge on any atom is -0.481 e. The second kappa shape index (κ2) is 5.39. The van der Waals surface area contributed by atoms with E-state index in [0.29, 0.717) is 19.3 Å². The van der Waals surface area contributed by atoms with Crippen molar-refractivity contribution < 1.29 is 14.7 Å². The summed E-state index contributed by atoms with van der Waals surface area (Å²) in [5.41, 5.74) is 0.395. The van der Waals surface area contributed by atoms with E-state index in [9.17, 15) is 14.7 Å². The fraction of sp³-hybridized carbons (Fsp3) is 0.375. The minimum atomic E-state index is -0.733. The van der Waals surface area contributed by atoms with Crippen molar-refractivity contribution in [3.05, 3.63) is 48.0 Å². The van der Waals surface area contributed by atoms with E-state index in [-0.39, 0.29) is 11.7 Å². The van der Waals surface area contributed by atoms with Gasteiger partial charge in [0.05, 0.1) is 5.41 Å². The van der Waals surface area contributed by atoms with E-state index in [1.54, 1.807) is 6.08 Å². The Morgan fingerprint density at radius 3 is 2.47 bits per heavy atom. The number of allylic oxidation sites excluding steroid dienone is 2. The highest BCUT2D eigenvalue weighted by Gasteiger charge is 2.49. The first kappa shape index (κ1) is 13.5. The van der Waals surface area contributed by atoms with Crippen LogP contribution in [0.25, 0.3) is 0 Å². The monoisotopic (exact) mass is 258 g/mol. The minimum absolute atomic E-state index is 0.0101. The molecule has 19 heavy (non-hydrogen) atoms. The SMILES string of the molecule is CC(=O)/C=C/C1CC(Cc2ccccc2)(C(=O)O)C1. The number of hydrogen-bond acceptors (Lipinski definition) is 2. The molecule has 3 heteroatoms. The molecule has 1 fully saturated rings. The molecular formula is C16H18O3. The van der Waals surface area contributed by atoms with Crippen LogP contribution in [0.15, 0.2) is 42.5 Å². The highest BCUT2D eigenvalue weighted by molar-refractivity contribution is 5.87. The molecule has 0 aliphatic heterocycles. The van der Waals surface area contributed by atoms with E-state index in [2.05, 4.69) is 0 Å². The number of carboxylic acid groups (broad SMARTS) is 1. The number of hydrogen-bond donors (Lipinski definition) is 1. The van der Waals surface area contributed by atoms with Gasteiger partial charge in [-0.15, -0.1) is 0 Å². The summed E-state index contributed by atoms with van der Waals surface area (Å²) in [5.74, 6) is -0.511. The number of carbonyl (C=O) groups is 2. The Hall–Kier alpha value is -1.90. The molecular weight excluding hydrogens is 240 g/mol. The van der Waals surface area contributed by atoms with Gasteiger partial charge in [-0.3, -0.25) is 9.59 Å². The highest BCUT2D eigenvalue weighted by atomic mass is 16.4. The van der Waals surface area contributed by atoms with Gasteiger partial charge in [-0.25, -0.2) is 0 Å². The maximum atomic E-state index is 11.5. The van der Waals surface area contributed by atoms with E-state index >= 15 is 0 Å². The van der Waals surface area contributed by atoms with Crippen LogP contribution in [0.5, 0.6) is 0 Å². The standard InChI is InChI=1S/C16H18O3/c1-12(17)7-8-14-10-16(11-14,15(18)19)9-13-5-3-2-4-6-13/h2-8,14H,9-11H2,1H3,(H,18,19)/b8-7+. The van der Waals surface area contributed by atoms with Gasteiger partial charge in [0.15, 0.2) is 5.78 Å². The molecule has 1 N–H and O–H groups in total. The van der Waals surface area contributed by atoms with Gasteiger partial charge in [0, 0.05) is 0 Å². The molecule has 3 nitrogen and oxygen atoms in total. The molecule has 0 spiro atoms. The topological polar surface area (TPSA) is 54.4 Å². The Morgan fingerprint density at radius 2 is 1.95 bits per heavy atom. The maximum absolute atomic E-state index is 11.5. The fourth-order valence-corrected chi connectivity index (χ4v) is 2.73. The molecule has 0 amide bonds. The van der Waals surface area contributed by atoms with E-state index in [1.165, 1.54) is 6.92 Å². The first-order chi connectivity index (χ1) is 9.02. The molecule has 1 saturated carbocycles. The Kier molecular flexibility index (Phi) is 3.84. The molecule has 100 valence electrons. The Balaban J connectivity index is 2.03. The number of carboxylic acids is 1. The lowest BCUT2D eigenvalue weighted by atomic mass is 9.59. The summed E-state index contributed by atoms with van der Waals surface area (Å²) in [6.07, 6.45) is 5.17. The molecule has 0 heterocycles. The van der Waals surface area contributed by atoms with Crippen LogP contribution in [0.2, 0.25) is 0 Å². The highest BCUT2D eigenvalue weighted by Crippen LogP contribution is 2.48. The zero-order valence-corrected chi connectivity index (χ0v) is 11.0. The number of aliphatic carboxylic acids is 1. The Morgan fingerprint density at radius 1 is 1.32 bits per heavy atom. The molecule has 0 unspecified atom stereocenters. The average Bonchev–Trinajstić information content (AvgIpc) is 2.32. The zero-order valence-electron chi connectivity index (χ0n) is 11.0. The third-order valence-electron chi connectivity index (χ3n) is 3.75. The summed E-state index contributed by atoms with van der Waals surface area (Å²) in [6, 6.07) is 9.70. The van der Waals surface area contributed by atoms with Crippen molar-refractivity contribution in [2.24, 2.45) is 11.3 Å². The fourth-order valence-electron chi connectivity index (χ4n) is 2.73. The number of carbonyl (C=O) groups excluding carboxylic acids is 1. The first-order valence-electron chi connectivity index (χ1n) is 6.48. The summed E-state index contributed by atoms with van der Waals surface area (Å²) in [5, 5.41) is 9.45. The van der Waals surface area contributed by atoms with Crippen molar-refractivity contribution in [3.63, 3.8) is 0 Å². The van der Waals surface area contributed by atoms with E-state index in [1.807, 2.05) is 36.4 Å². The van der Waals surface area contributed by atoms with Gasteiger partial charge in [0.1, 0.15) is 0 Å². The maximum Gasteiger partial charge on any atom is 0.310 e. The van der Waals surface area contributed by atoms with Crippen LogP contribution in [0.1, 0.15) is 25.3 Å². The van der Waals surface area contributed by atoms with Crippen LogP contribution in [-0.2, 0) is 16.0 Å². The summed E-state index contributed by atoms with van der Waals surface area (Å²) in [6.45, 7) is 1.50. The van der Waals surface area contributed by atoms with Crippen LogP contribution in [0.3, 0.4) is 0 Å². The summed E-state index contributed by atoms with van der Waals surface area (Å²) in [4.78, 5) is 22.4. The van der Waals surface area contributed by atoms with Gasteiger partial charge in [-0.05, 0) is 43.7 Å². The average molecular weight is 258 g/mol. The van der Waals surface area contributed by atoms with Crippen LogP contribution in [-0.4, -0.2) is 16.9 Å². The molecule has 0 radical (unpaired) electrons. The van der Waals surface area contributed by atoms with Crippen molar-refractivity contribution in [2.75, 3.05) is 0 Å². The smallest absolute Gasteiger partial charge is 0.310 e. The molecule has 1 aliphatic carbocycles. The van der Waals surface area contributed by atoms with Crippen molar-refractivity contribution in [1.29, 1.82) is 0 Å². The van der Waals surface area contributed by atoms with Gasteiger partial charge >= 0.3 is 5.97 Å². The molecule has 1 aromatic carbocycles. The summed E-state index contributed by atoms with van der Waals surface area (Å²) < 4.78 is 0. The van der Waals surface area contributed by atoms with Crippen LogP contribution in [0.4, 0.5) is 0 Å². The van der Waals surface area contributed by atoms with Gasteiger partial charge in [-0.1, -0.05) is 36.4 Å². The number of benzene rings is 1. The molecule has 0 atom stereocenters. The van der Waals surface area contributed by atoms with Crippen LogP contribution >= 0.6 is 0 Å². The van der Waals surface area contributed by atoms with Crippen molar-refractivity contribution in [3.8, 4) is 0 Å². The normalized spacial score (nSPS) is 26.1. The van der Waals surface area contributed by atoms with Gasteiger partial charge in [-0.2, -0.15) is 0 Å².